The fourth-order valence-corrected chi connectivity index (χ4v) is 1.61. The quantitative estimate of drug-likeness (QED) is 0.880. The summed E-state index contributed by atoms with van der Waals surface area (Å²) in [5.41, 5.74) is -0.167. The maximum absolute atomic E-state index is 12.3. The van der Waals surface area contributed by atoms with Crippen LogP contribution in [0, 0.1) is 0 Å². The van der Waals surface area contributed by atoms with E-state index >= 15 is 0 Å². The van der Waals surface area contributed by atoms with Crippen LogP contribution in [0.3, 0.4) is 0 Å². The van der Waals surface area contributed by atoms with Gasteiger partial charge in [-0.05, 0) is 24.3 Å². The molecule has 0 aliphatic rings. The molecule has 6 nitrogen and oxygen atoms in total. The van der Waals surface area contributed by atoms with E-state index in [1.54, 1.807) is 5.32 Å². The molecule has 1 amide bonds. The van der Waals surface area contributed by atoms with Crippen LogP contribution in [-0.2, 0) is 11.4 Å². The molecular weight excluding hydrogens is 319 g/mol. The Labute approximate surface area is 127 Å². The van der Waals surface area contributed by atoms with Crippen LogP contribution < -0.4 is 10.1 Å². The van der Waals surface area contributed by atoms with E-state index in [9.17, 15) is 22.8 Å². The van der Waals surface area contributed by atoms with Gasteiger partial charge in [-0.3, -0.25) is 4.79 Å². The van der Waals surface area contributed by atoms with E-state index in [1.807, 2.05) is 0 Å². The van der Waals surface area contributed by atoms with Gasteiger partial charge in [-0.1, -0.05) is 12.1 Å². The summed E-state index contributed by atoms with van der Waals surface area (Å²) in [5, 5.41) is 10.4. The summed E-state index contributed by atoms with van der Waals surface area (Å²) in [6.45, 7) is -0.216. The third kappa shape index (κ3) is 4.25. The molecule has 0 fully saturated rings. The number of carbonyl (C=O) groups excluding carboxylic acids is 1. The van der Waals surface area contributed by atoms with Crippen LogP contribution in [0.4, 0.5) is 18.9 Å². The highest BCUT2D eigenvalue weighted by atomic mass is 19.4. The van der Waals surface area contributed by atoms with Crippen molar-refractivity contribution >= 4 is 17.6 Å². The third-order valence-corrected chi connectivity index (χ3v) is 2.64. The van der Waals surface area contributed by atoms with Crippen molar-refractivity contribution < 1.29 is 37.0 Å². The highest BCUT2D eigenvalue weighted by Gasteiger charge is 2.39. The van der Waals surface area contributed by atoms with Crippen LogP contribution in [-0.4, -0.2) is 23.2 Å². The first kappa shape index (κ1) is 16.4. The first-order chi connectivity index (χ1) is 10.8. The van der Waals surface area contributed by atoms with Crippen LogP contribution in [0.5, 0.6) is 5.75 Å². The molecule has 0 saturated heterocycles. The number of furan rings is 1. The number of carboxylic acids is 1. The smallest absolute Gasteiger partial charge is 0.471 e. The van der Waals surface area contributed by atoms with Crippen molar-refractivity contribution in [2.24, 2.45) is 0 Å². The van der Waals surface area contributed by atoms with Gasteiger partial charge < -0.3 is 19.6 Å². The zero-order valence-electron chi connectivity index (χ0n) is 11.4. The molecule has 1 aromatic carbocycles. The number of rotatable bonds is 5. The number of hydrogen-bond acceptors (Lipinski definition) is 4. The molecule has 0 radical (unpaired) electrons. The maximum atomic E-state index is 12.3. The number of carbonyl (C=O) groups is 2. The lowest BCUT2D eigenvalue weighted by atomic mass is 10.3. The molecular formula is C14H10F3NO5. The minimum absolute atomic E-state index is 0.0154. The lowest BCUT2D eigenvalue weighted by Gasteiger charge is -2.12. The van der Waals surface area contributed by atoms with Crippen LogP contribution in [0.1, 0.15) is 16.3 Å². The zero-order chi connectivity index (χ0) is 17.0. The second-order valence-electron chi connectivity index (χ2n) is 4.31. The van der Waals surface area contributed by atoms with Crippen molar-refractivity contribution in [2.45, 2.75) is 12.8 Å². The van der Waals surface area contributed by atoms with E-state index < -0.39 is 18.1 Å². The van der Waals surface area contributed by atoms with Crippen LogP contribution in [0.2, 0.25) is 0 Å². The summed E-state index contributed by atoms with van der Waals surface area (Å²) in [4.78, 5) is 21.6. The van der Waals surface area contributed by atoms with E-state index in [4.69, 9.17) is 14.3 Å². The van der Waals surface area contributed by atoms with E-state index in [0.717, 1.165) is 0 Å². The van der Waals surface area contributed by atoms with Crippen molar-refractivity contribution in [3.8, 4) is 5.75 Å². The fraction of sp³-hybridized carbons (Fsp3) is 0.143. The Kier molecular flexibility index (Phi) is 4.58. The molecule has 9 heteroatoms. The predicted octanol–water partition coefficient (Wildman–Crippen LogP) is 3.06. The zero-order valence-corrected chi connectivity index (χ0v) is 11.4. The number of hydrogen-bond donors (Lipinski definition) is 2. The molecule has 0 bridgehead atoms. The van der Waals surface area contributed by atoms with Crippen molar-refractivity contribution in [3.05, 3.63) is 47.9 Å². The van der Waals surface area contributed by atoms with Gasteiger partial charge >= 0.3 is 18.1 Å². The van der Waals surface area contributed by atoms with Crippen LogP contribution >= 0.6 is 0 Å². The summed E-state index contributed by atoms with van der Waals surface area (Å²) >= 11 is 0. The van der Waals surface area contributed by atoms with Crippen molar-refractivity contribution in [2.75, 3.05) is 5.32 Å². The Hall–Kier alpha value is -2.97. The molecule has 0 saturated carbocycles. The fourth-order valence-electron chi connectivity index (χ4n) is 1.61. The molecule has 0 atom stereocenters. The number of halogens is 3. The molecule has 23 heavy (non-hydrogen) atoms. The number of para-hydroxylation sites is 2. The summed E-state index contributed by atoms with van der Waals surface area (Å²) in [7, 11) is 0. The SMILES string of the molecule is O=C(O)c1ccc(COc2ccccc2NC(=O)C(F)(F)F)o1. The predicted molar refractivity (Wildman–Crippen MR) is 71.1 cm³/mol. The molecule has 2 aromatic rings. The Morgan fingerprint density at radius 2 is 1.87 bits per heavy atom. The highest BCUT2D eigenvalue weighted by molar-refractivity contribution is 5.96. The number of alkyl halides is 3. The minimum Gasteiger partial charge on any atom is -0.483 e. The summed E-state index contributed by atoms with van der Waals surface area (Å²) in [6, 6.07) is 8.10. The number of anilines is 1. The molecule has 2 N–H and O–H groups in total. The monoisotopic (exact) mass is 329 g/mol. The van der Waals surface area contributed by atoms with E-state index in [2.05, 4.69) is 0 Å². The molecule has 1 heterocycles. The Balaban J connectivity index is 2.08. The van der Waals surface area contributed by atoms with Crippen molar-refractivity contribution in [1.82, 2.24) is 0 Å². The number of amides is 1. The number of benzene rings is 1. The first-order valence-corrected chi connectivity index (χ1v) is 6.19. The van der Waals surface area contributed by atoms with Gasteiger partial charge in [0.05, 0.1) is 5.69 Å². The molecule has 0 aliphatic heterocycles. The second kappa shape index (κ2) is 6.42. The summed E-state index contributed by atoms with van der Waals surface area (Å²) in [6.07, 6.45) is -5.02. The van der Waals surface area contributed by atoms with Crippen molar-refractivity contribution in [3.63, 3.8) is 0 Å². The lowest BCUT2D eigenvalue weighted by molar-refractivity contribution is -0.167. The summed E-state index contributed by atoms with van der Waals surface area (Å²) < 4.78 is 47.0. The van der Waals surface area contributed by atoms with Crippen molar-refractivity contribution in [1.29, 1.82) is 0 Å². The van der Waals surface area contributed by atoms with Gasteiger partial charge in [-0.15, -0.1) is 0 Å². The third-order valence-electron chi connectivity index (χ3n) is 2.64. The summed E-state index contributed by atoms with van der Waals surface area (Å²) in [5.74, 6) is -3.52. The van der Waals surface area contributed by atoms with Gasteiger partial charge in [0.2, 0.25) is 5.76 Å². The molecule has 0 aliphatic carbocycles. The van der Waals surface area contributed by atoms with Gasteiger partial charge in [0.25, 0.3) is 0 Å². The Bertz CT molecular complexity index is 723. The Morgan fingerprint density at radius 1 is 1.17 bits per heavy atom. The number of aromatic carboxylic acids is 1. The maximum Gasteiger partial charge on any atom is 0.471 e. The molecule has 1 aromatic heterocycles. The molecule has 2 rings (SSSR count). The number of ether oxygens (including phenoxy) is 1. The second-order valence-corrected chi connectivity index (χ2v) is 4.31. The van der Waals surface area contributed by atoms with Crippen LogP contribution in [0.25, 0.3) is 0 Å². The van der Waals surface area contributed by atoms with Gasteiger partial charge in [0, 0.05) is 0 Å². The molecule has 0 spiro atoms. The van der Waals surface area contributed by atoms with E-state index in [1.165, 1.54) is 36.4 Å². The van der Waals surface area contributed by atoms with E-state index in [-0.39, 0.29) is 29.6 Å². The molecule has 122 valence electrons. The van der Waals surface area contributed by atoms with Gasteiger partial charge in [-0.2, -0.15) is 13.2 Å². The largest absolute Gasteiger partial charge is 0.483 e. The topological polar surface area (TPSA) is 88.8 Å². The lowest BCUT2D eigenvalue weighted by Crippen LogP contribution is -2.30. The minimum atomic E-state index is -5.02. The Morgan fingerprint density at radius 3 is 2.48 bits per heavy atom. The normalized spacial score (nSPS) is 11.1. The first-order valence-electron chi connectivity index (χ1n) is 6.19. The highest BCUT2D eigenvalue weighted by Crippen LogP contribution is 2.27. The standard InChI is InChI=1S/C14H10F3NO5/c15-14(16,17)13(21)18-9-3-1-2-4-10(9)22-7-8-5-6-11(23-8)12(19)20/h1-6H,7H2,(H,18,21)(H,19,20). The van der Waals surface area contributed by atoms with Crippen LogP contribution in [0.15, 0.2) is 40.8 Å². The van der Waals surface area contributed by atoms with Gasteiger partial charge in [-0.25, -0.2) is 4.79 Å². The number of carboxylic acid groups (broad SMARTS) is 1. The number of nitrogens with one attached hydrogen (secondary N) is 1. The average molecular weight is 329 g/mol. The van der Waals surface area contributed by atoms with Gasteiger partial charge in [0.1, 0.15) is 18.1 Å². The van der Waals surface area contributed by atoms with E-state index in [0.29, 0.717) is 0 Å². The molecule has 0 unspecified atom stereocenters. The van der Waals surface area contributed by atoms with Gasteiger partial charge in [0.15, 0.2) is 0 Å². The average Bonchev–Trinajstić information content (AvgIpc) is 2.94.